The topological polar surface area (TPSA) is 34.1 Å². The maximum absolute atomic E-state index is 11.2. The Morgan fingerprint density at radius 2 is 2.17 bits per heavy atom. The summed E-state index contributed by atoms with van der Waals surface area (Å²) in [6, 6.07) is 0. The maximum Gasteiger partial charge on any atom is 0.228 e. The van der Waals surface area contributed by atoms with Crippen molar-refractivity contribution < 1.29 is 9.59 Å². The lowest BCUT2D eigenvalue weighted by molar-refractivity contribution is -0.131. The second kappa shape index (κ2) is 4.00. The first-order valence-corrected chi connectivity index (χ1v) is 4.16. The molecular weight excluding hydrogens is 152 g/mol. The minimum atomic E-state index is -0.483. The number of hydrogen-bond donors (Lipinski definition) is 0. The Hall–Kier alpha value is -1.18. The lowest BCUT2D eigenvalue weighted by Crippen LogP contribution is -2.14. The Bertz CT molecular complexity index is 249. The molecule has 0 saturated carbocycles. The van der Waals surface area contributed by atoms with Crippen molar-refractivity contribution in [3.8, 4) is 0 Å². The van der Waals surface area contributed by atoms with E-state index in [1.54, 1.807) is 0 Å². The molecule has 0 saturated heterocycles. The van der Waals surface area contributed by atoms with Gasteiger partial charge in [-0.15, -0.1) is 0 Å². The summed E-state index contributed by atoms with van der Waals surface area (Å²) < 4.78 is 0. The van der Waals surface area contributed by atoms with Crippen molar-refractivity contribution in [3.63, 3.8) is 0 Å². The Labute approximate surface area is 72.0 Å². The number of carbonyl (C=O) groups is 2. The second-order valence-electron chi connectivity index (χ2n) is 2.87. The number of ketones is 2. The van der Waals surface area contributed by atoms with E-state index in [4.69, 9.17) is 0 Å². The van der Waals surface area contributed by atoms with E-state index >= 15 is 0 Å². The van der Waals surface area contributed by atoms with Gasteiger partial charge in [-0.05, 0) is 37.3 Å². The SMILES string of the molecule is C=CC(=O)C(=O)C1=CCCCC1. The van der Waals surface area contributed by atoms with Gasteiger partial charge in [-0.25, -0.2) is 0 Å². The van der Waals surface area contributed by atoms with Crippen LogP contribution < -0.4 is 0 Å². The zero-order chi connectivity index (χ0) is 8.97. The lowest BCUT2D eigenvalue weighted by atomic mass is 9.95. The summed E-state index contributed by atoms with van der Waals surface area (Å²) >= 11 is 0. The molecule has 2 nitrogen and oxygen atoms in total. The van der Waals surface area contributed by atoms with Gasteiger partial charge in [-0.3, -0.25) is 9.59 Å². The van der Waals surface area contributed by atoms with Gasteiger partial charge in [0.25, 0.3) is 0 Å². The van der Waals surface area contributed by atoms with Crippen molar-refractivity contribution in [1.82, 2.24) is 0 Å². The minimum absolute atomic E-state index is 0.371. The summed E-state index contributed by atoms with van der Waals surface area (Å²) in [5.41, 5.74) is 0.672. The fraction of sp³-hybridized carbons (Fsp3) is 0.400. The summed E-state index contributed by atoms with van der Waals surface area (Å²) in [5.74, 6) is -0.854. The van der Waals surface area contributed by atoms with Crippen LogP contribution in [0.25, 0.3) is 0 Å². The Morgan fingerprint density at radius 3 is 2.67 bits per heavy atom. The standard InChI is InChI=1S/C10H12O2/c1-2-9(11)10(12)8-6-4-3-5-7-8/h2,6H,1,3-5,7H2. The third-order valence-electron chi connectivity index (χ3n) is 1.99. The zero-order valence-corrected chi connectivity index (χ0v) is 7.01. The highest BCUT2D eigenvalue weighted by molar-refractivity contribution is 6.47. The quantitative estimate of drug-likeness (QED) is 0.471. The van der Waals surface area contributed by atoms with Gasteiger partial charge in [0, 0.05) is 0 Å². The molecule has 0 aromatic carbocycles. The molecule has 0 amide bonds. The molecule has 0 unspecified atom stereocenters. The zero-order valence-electron chi connectivity index (χ0n) is 7.01. The molecule has 0 aromatic rings. The Kier molecular flexibility index (Phi) is 2.97. The Balaban J connectivity index is 2.68. The summed E-state index contributed by atoms with van der Waals surface area (Å²) in [5, 5.41) is 0. The van der Waals surface area contributed by atoms with Gasteiger partial charge in [0.1, 0.15) is 0 Å². The highest BCUT2D eigenvalue weighted by atomic mass is 16.2. The molecular formula is C10H12O2. The van der Waals surface area contributed by atoms with Crippen LogP contribution in [0, 0.1) is 0 Å². The van der Waals surface area contributed by atoms with Crippen LogP contribution in [0.3, 0.4) is 0 Å². The van der Waals surface area contributed by atoms with Crippen molar-refractivity contribution in [3.05, 3.63) is 24.3 Å². The average molecular weight is 164 g/mol. The fourth-order valence-corrected chi connectivity index (χ4v) is 1.30. The maximum atomic E-state index is 11.2. The van der Waals surface area contributed by atoms with Crippen molar-refractivity contribution in [2.24, 2.45) is 0 Å². The summed E-state index contributed by atoms with van der Waals surface area (Å²) in [6.45, 7) is 3.28. The molecule has 0 aliphatic heterocycles. The number of allylic oxidation sites excluding steroid dienone is 3. The van der Waals surface area contributed by atoms with Crippen LogP contribution in [0.15, 0.2) is 24.3 Å². The van der Waals surface area contributed by atoms with E-state index in [9.17, 15) is 9.59 Å². The predicted octanol–water partition coefficient (Wildman–Crippen LogP) is 1.81. The molecule has 0 radical (unpaired) electrons. The van der Waals surface area contributed by atoms with E-state index in [2.05, 4.69) is 6.58 Å². The predicted molar refractivity (Wildman–Crippen MR) is 46.8 cm³/mol. The van der Waals surface area contributed by atoms with Gasteiger partial charge < -0.3 is 0 Å². The molecule has 0 heterocycles. The van der Waals surface area contributed by atoms with Gasteiger partial charge >= 0.3 is 0 Å². The number of carbonyl (C=O) groups excluding carboxylic acids is 2. The lowest BCUT2D eigenvalue weighted by Gasteiger charge is -2.09. The van der Waals surface area contributed by atoms with Crippen LogP contribution in [0.5, 0.6) is 0 Å². The second-order valence-corrected chi connectivity index (χ2v) is 2.87. The number of rotatable bonds is 3. The van der Waals surface area contributed by atoms with E-state index in [1.165, 1.54) is 0 Å². The molecule has 1 rings (SSSR count). The molecule has 2 heteroatoms. The summed E-state index contributed by atoms with van der Waals surface area (Å²) in [7, 11) is 0. The largest absolute Gasteiger partial charge is 0.286 e. The number of Topliss-reactive ketones (excluding diaryl/α,β-unsaturated/α-hetero) is 1. The normalized spacial score (nSPS) is 16.5. The van der Waals surface area contributed by atoms with Gasteiger partial charge in [-0.1, -0.05) is 12.7 Å². The molecule has 0 atom stereocenters. The molecule has 0 fully saturated rings. The molecule has 0 spiro atoms. The summed E-state index contributed by atoms with van der Waals surface area (Å²) in [4.78, 5) is 22.1. The first-order valence-electron chi connectivity index (χ1n) is 4.16. The molecule has 64 valence electrons. The van der Waals surface area contributed by atoms with Crippen LogP contribution in [0.1, 0.15) is 25.7 Å². The van der Waals surface area contributed by atoms with E-state index in [-0.39, 0.29) is 5.78 Å². The van der Waals surface area contributed by atoms with Gasteiger partial charge in [-0.2, -0.15) is 0 Å². The van der Waals surface area contributed by atoms with Crippen LogP contribution in [-0.4, -0.2) is 11.6 Å². The van der Waals surface area contributed by atoms with Crippen LogP contribution in [-0.2, 0) is 9.59 Å². The van der Waals surface area contributed by atoms with E-state index in [0.29, 0.717) is 5.57 Å². The third-order valence-corrected chi connectivity index (χ3v) is 1.99. The molecule has 12 heavy (non-hydrogen) atoms. The Morgan fingerprint density at radius 1 is 1.42 bits per heavy atom. The minimum Gasteiger partial charge on any atom is -0.286 e. The van der Waals surface area contributed by atoms with Crippen molar-refractivity contribution >= 4 is 11.6 Å². The van der Waals surface area contributed by atoms with E-state index in [0.717, 1.165) is 31.8 Å². The van der Waals surface area contributed by atoms with Gasteiger partial charge in [0.15, 0.2) is 0 Å². The molecule has 0 aromatic heterocycles. The number of hydrogen-bond acceptors (Lipinski definition) is 2. The van der Waals surface area contributed by atoms with Crippen LogP contribution in [0.2, 0.25) is 0 Å². The van der Waals surface area contributed by atoms with Crippen molar-refractivity contribution in [1.29, 1.82) is 0 Å². The van der Waals surface area contributed by atoms with Gasteiger partial charge in [0.05, 0.1) is 0 Å². The van der Waals surface area contributed by atoms with Crippen molar-refractivity contribution in [2.45, 2.75) is 25.7 Å². The third kappa shape index (κ3) is 1.91. The smallest absolute Gasteiger partial charge is 0.228 e. The average Bonchev–Trinajstić information content (AvgIpc) is 2.17. The molecule has 1 aliphatic rings. The highest BCUT2D eigenvalue weighted by Crippen LogP contribution is 2.18. The van der Waals surface area contributed by atoms with E-state index < -0.39 is 5.78 Å². The van der Waals surface area contributed by atoms with Crippen LogP contribution >= 0.6 is 0 Å². The van der Waals surface area contributed by atoms with E-state index in [1.807, 2.05) is 6.08 Å². The summed E-state index contributed by atoms with van der Waals surface area (Å²) in [6.07, 6.45) is 6.76. The monoisotopic (exact) mass is 164 g/mol. The molecule has 0 N–H and O–H groups in total. The van der Waals surface area contributed by atoms with Crippen molar-refractivity contribution in [2.75, 3.05) is 0 Å². The van der Waals surface area contributed by atoms with Gasteiger partial charge in [0.2, 0.25) is 11.6 Å². The van der Waals surface area contributed by atoms with Crippen LogP contribution in [0.4, 0.5) is 0 Å². The highest BCUT2D eigenvalue weighted by Gasteiger charge is 2.16. The first-order chi connectivity index (χ1) is 5.75. The molecule has 0 bridgehead atoms. The molecule has 1 aliphatic carbocycles. The fourth-order valence-electron chi connectivity index (χ4n) is 1.30. The first kappa shape index (κ1) is 8.91.